The van der Waals surface area contributed by atoms with Crippen LogP contribution < -0.4 is 4.74 Å². The molecule has 0 spiro atoms. The highest BCUT2D eigenvalue weighted by atomic mass is 79.9. The lowest BCUT2D eigenvalue weighted by Crippen LogP contribution is -2.41. The first kappa shape index (κ1) is 18.6. The van der Waals surface area contributed by atoms with Gasteiger partial charge in [0.2, 0.25) is 0 Å². The van der Waals surface area contributed by atoms with Gasteiger partial charge in [-0.3, -0.25) is 9.59 Å². The normalized spacial score (nSPS) is 14.9. The third-order valence-corrected chi connectivity index (χ3v) is 5.28. The predicted octanol–water partition coefficient (Wildman–Crippen LogP) is 4.12. The summed E-state index contributed by atoms with van der Waals surface area (Å²) in [6, 6.07) is 15.7. The zero-order valence-corrected chi connectivity index (χ0v) is 16.2. The van der Waals surface area contributed by atoms with E-state index in [9.17, 15) is 9.59 Å². The smallest absolute Gasteiger partial charge is 0.260 e. The van der Waals surface area contributed by atoms with Crippen molar-refractivity contribution in [2.45, 2.75) is 19.3 Å². The zero-order chi connectivity index (χ0) is 18.4. The molecule has 26 heavy (non-hydrogen) atoms. The fourth-order valence-corrected chi connectivity index (χ4v) is 3.69. The molecule has 1 saturated heterocycles. The second-order valence-electron chi connectivity index (χ2n) is 6.60. The third-order valence-electron chi connectivity index (χ3n) is 4.78. The van der Waals surface area contributed by atoms with E-state index in [1.165, 1.54) is 5.56 Å². The van der Waals surface area contributed by atoms with Crippen LogP contribution >= 0.6 is 15.9 Å². The number of carbonyl (C=O) groups excluding carboxylic acids is 2. The first-order chi connectivity index (χ1) is 12.7. The van der Waals surface area contributed by atoms with Crippen molar-refractivity contribution in [2.24, 2.45) is 5.92 Å². The monoisotopic (exact) mass is 415 g/mol. The van der Waals surface area contributed by atoms with E-state index in [0.29, 0.717) is 17.2 Å². The van der Waals surface area contributed by atoms with Crippen molar-refractivity contribution in [3.63, 3.8) is 0 Å². The predicted molar refractivity (Wildman–Crippen MR) is 104 cm³/mol. The van der Waals surface area contributed by atoms with Crippen molar-refractivity contribution in [3.8, 4) is 5.75 Å². The summed E-state index contributed by atoms with van der Waals surface area (Å²) in [6.45, 7) is 1.49. The van der Waals surface area contributed by atoms with E-state index in [1.54, 1.807) is 18.2 Å². The van der Waals surface area contributed by atoms with E-state index in [4.69, 9.17) is 4.74 Å². The first-order valence-electron chi connectivity index (χ1n) is 8.85. The fourth-order valence-electron chi connectivity index (χ4n) is 3.31. The summed E-state index contributed by atoms with van der Waals surface area (Å²) in [5.74, 6) is 1.04. The third kappa shape index (κ3) is 4.94. The second kappa shape index (κ2) is 8.99. The summed E-state index contributed by atoms with van der Waals surface area (Å²) in [4.78, 5) is 25.4. The molecule has 0 N–H and O–H groups in total. The van der Waals surface area contributed by atoms with E-state index < -0.39 is 0 Å². The van der Waals surface area contributed by atoms with Gasteiger partial charge in [0.25, 0.3) is 5.91 Å². The summed E-state index contributed by atoms with van der Waals surface area (Å²) in [5.41, 5.74) is 1.80. The standard InChI is InChI=1S/C21H22BrNO3/c22-19-6-7-20(18(13-19)14-24)26-15-21(25)23-10-8-17(9-11-23)12-16-4-2-1-3-5-16/h1-7,13-14,17H,8-12,15H2. The van der Waals surface area contributed by atoms with Gasteiger partial charge in [0.15, 0.2) is 12.9 Å². The number of rotatable bonds is 6. The number of ether oxygens (including phenoxy) is 1. The molecule has 2 aromatic rings. The van der Waals surface area contributed by atoms with Gasteiger partial charge in [-0.1, -0.05) is 46.3 Å². The number of aldehydes is 1. The lowest BCUT2D eigenvalue weighted by atomic mass is 9.90. The van der Waals surface area contributed by atoms with Gasteiger partial charge in [0.1, 0.15) is 5.75 Å². The first-order valence-corrected chi connectivity index (χ1v) is 9.64. The molecule has 0 aromatic heterocycles. The molecule has 0 saturated carbocycles. The molecule has 2 aromatic carbocycles. The highest BCUT2D eigenvalue weighted by Crippen LogP contribution is 2.23. The SMILES string of the molecule is O=Cc1cc(Br)ccc1OCC(=O)N1CCC(Cc2ccccc2)CC1. The van der Waals surface area contributed by atoms with E-state index in [1.807, 2.05) is 11.0 Å². The molecule has 1 fully saturated rings. The molecule has 4 nitrogen and oxygen atoms in total. The molecule has 0 radical (unpaired) electrons. The Bertz CT molecular complexity index is 755. The van der Waals surface area contributed by atoms with Crippen LogP contribution in [0, 0.1) is 5.92 Å². The number of likely N-dealkylation sites (tertiary alicyclic amines) is 1. The van der Waals surface area contributed by atoms with Crippen LogP contribution in [0.1, 0.15) is 28.8 Å². The van der Waals surface area contributed by atoms with Crippen LogP contribution in [0.4, 0.5) is 0 Å². The lowest BCUT2D eigenvalue weighted by Gasteiger charge is -2.32. The average molecular weight is 416 g/mol. The van der Waals surface area contributed by atoms with Crippen LogP contribution in [-0.2, 0) is 11.2 Å². The van der Waals surface area contributed by atoms with Gasteiger partial charge in [0.05, 0.1) is 5.56 Å². The van der Waals surface area contributed by atoms with Crippen molar-refractivity contribution in [2.75, 3.05) is 19.7 Å². The topological polar surface area (TPSA) is 46.6 Å². The van der Waals surface area contributed by atoms with Gasteiger partial charge in [-0.15, -0.1) is 0 Å². The van der Waals surface area contributed by atoms with E-state index in [-0.39, 0.29) is 12.5 Å². The molecule has 3 rings (SSSR count). The van der Waals surface area contributed by atoms with Gasteiger partial charge in [0, 0.05) is 17.6 Å². The molecule has 1 aliphatic rings. The van der Waals surface area contributed by atoms with Crippen molar-refractivity contribution in [3.05, 3.63) is 64.1 Å². The Morgan fingerprint density at radius 1 is 1.15 bits per heavy atom. The fraction of sp³-hybridized carbons (Fsp3) is 0.333. The van der Waals surface area contributed by atoms with Crippen molar-refractivity contribution in [1.29, 1.82) is 0 Å². The quantitative estimate of drug-likeness (QED) is 0.666. The number of amides is 1. The Balaban J connectivity index is 1.47. The number of hydrogen-bond acceptors (Lipinski definition) is 3. The average Bonchev–Trinajstić information content (AvgIpc) is 2.68. The minimum absolute atomic E-state index is 0.0251. The number of piperidine rings is 1. The molecule has 136 valence electrons. The molecule has 0 bridgehead atoms. The number of halogens is 1. The van der Waals surface area contributed by atoms with E-state index >= 15 is 0 Å². The van der Waals surface area contributed by atoms with E-state index in [0.717, 1.165) is 43.1 Å². The highest BCUT2D eigenvalue weighted by molar-refractivity contribution is 9.10. The van der Waals surface area contributed by atoms with Crippen LogP contribution in [0.15, 0.2) is 53.0 Å². The Morgan fingerprint density at radius 3 is 2.58 bits per heavy atom. The maximum absolute atomic E-state index is 12.4. The lowest BCUT2D eigenvalue weighted by molar-refractivity contribution is -0.134. The summed E-state index contributed by atoms with van der Waals surface area (Å²) in [6.07, 6.45) is 3.83. The second-order valence-corrected chi connectivity index (χ2v) is 7.52. The highest BCUT2D eigenvalue weighted by Gasteiger charge is 2.23. The Labute approximate surface area is 162 Å². The van der Waals surface area contributed by atoms with Gasteiger partial charge in [-0.05, 0) is 48.9 Å². The Morgan fingerprint density at radius 2 is 1.88 bits per heavy atom. The van der Waals surface area contributed by atoms with E-state index in [2.05, 4.69) is 40.2 Å². The minimum atomic E-state index is -0.0359. The largest absolute Gasteiger partial charge is 0.483 e. The van der Waals surface area contributed by atoms with Gasteiger partial charge in [-0.25, -0.2) is 0 Å². The number of hydrogen-bond donors (Lipinski definition) is 0. The number of benzene rings is 2. The number of nitrogens with zero attached hydrogens (tertiary/aromatic N) is 1. The Hall–Kier alpha value is -2.14. The zero-order valence-electron chi connectivity index (χ0n) is 14.6. The summed E-state index contributed by atoms with van der Waals surface area (Å²) in [7, 11) is 0. The van der Waals surface area contributed by atoms with Crippen LogP contribution in [0.5, 0.6) is 5.75 Å². The van der Waals surface area contributed by atoms with Crippen LogP contribution in [0.25, 0.3) is 0 Å². The molecule has 0 atom stereocenters. The summed E-state index contributed by atoms with van der Waals surface area (Å²) >= 11 is 3.32. The maximum Gasteiger partial charge on any atom is 0.260 e. The molecule has 1 aliphatic heterocycles. The van der Waals surface area contributed by atoms with Crippen LogP contribution in [0.3, 0.4) is 0 Å². The molecule has 1 amide bonds. The molecule has 0 aliphatic carbocycles. The van der Waals surface area contributed by atoms with Crippen LogP contribution in [0.2, 0.25) is 0 Å². The van der Waals surface area contributed by atoms with Gasteiger partial charge in [-0.2, -0.15) is 0 Å². The molecular formula is C21H22BrNO3. The summed E-state index contributed by atoms with van der Waals surface area (Å²) < 4.78 is 6.38. The number of carbonyl (C=O) groups is 2. The summed E-state index contributed by atoms with van der Waals surface area (Å²) in [5, 5.41) is 0. The Kier molecular flexibility index (Phi) is 6.45. The van der Waals surface area contributed by atoms with Gasteiger partial charge < -0.3 is 9.64 Å². The van der Waals surface area contributed by atoms with Gasteiger partial charge >= 0.3 is 0 Å². The molecule has 0 unspecified atom stereocenters. The molecule has 1 heterocycles. The molecular weight excluding hydrogens is 394 g/mol. The van der Waals surface area contributed by atoms with Crippen molar-refractivity contribution < 1.29 is 14.3 Å². The minimum Gasteiger partial charge on any atom is -0.483 e. The van der Waals surface area contributed by atoms with Crippen LogP contribution in [-0.4, -0.2) is 36.8 Å². The maximum atomic E-state index is 12.4. The van der Waals surface area contributed by atoms with Crippen molar-refractivity contribution in [1.82, 2.24) is 4.90 Å². The van der Waals surface area contributed by atoms with Crippen molar-refractivity contribution >= 4 is 28.1 Å². The molecule has 5 heteroatoms.